The van der Waals surface area contributed by atoms with Crippen molar-refractivity contribution in [1.29, 1.82) is 0 Å². The molecule has 1 aliphatic carbocycles. The van der Waals surface area contributed by atoms with Gasteiger partial charge < -0.3 is 10.2 Å². The lowest BCUT2D eigenvalue weighted by molar-refractivity contribution is 0.424. The van der Waals surface area contributed by atoms with Gasteiger partial charge in [0.2, 0.25) is 0 Å². The molecule has 0 unspecified atom stereocenters. The fourth-order valence-corrected chi connectivity index (χ4v) is 2.22. The molecule has 1 N–H and O–H groups in total. The highest BCUT2D eigenvalue weighted by Gasteiger charge is 2.27. The number of nitrogens with one attached hydrogen (secondary N) is 1. The topological polar surface area (TPSA) is 15.3 Å². The molecule has 1 aromatic rings. The number of hydrogen-bond donors (Lipinski definition) is 1. The largest absolute Gasteiger partial charge is 0.371 e. The van der Waals surface area contributed by atoms with Crippen molar-refractivity contribution in [1.82, 2.24) is 5.32 Å². The van der Waals surface area contributed by atoms with Crippen LogP contribution in [-0.2, 0) is 6.54 Å². The predicted molar refractivity (Wildman–Crippen MR) is 79.2 cm³/mol. The zero-order valence-electron chi connectivity index (χ0n) is 12.4. The molecule has 1 aliphatic rings. The molecule has 0 bridgehead atoms. The molecule has 0 aromatic heterocycles. The van der Waals surface area contributed by atoms with E-state index < -0.39 is 0 Å². The first-order valence-corrected chi connectivity index (χ1v) is 6.94. The first-order chi connectivity index (χ1) is 8.37. The Hall–Kier alpha value is -1.02. The Labute approximate surface area is 111 Å². The van der Waals surface area contributed by atoms with Gasteiger partial charge in [-0.3, -0.25) is 0 Å². The minimum atomic E-state index is 0.166. The van der Waals surface area contributed by atoms with Crippen LogP contribution < -0.4 is 10.2 Å². The van der Waals surface area contributed by atoms with Gasteiger partial charge in [0.25, 0.3) is 0 Å². The van der Waals surface area contributed by atoms with E-state index in [4.69, 9.17) is 0 Å². The van der Waals surface area contributed by atoms with E-state index in [1.54, 1.807) is 0 Å². The molecule has 2 nitrogen and oxygen atoms in total. The quantitative estimate of drug-likeness (QED) is 0.875. The fourth-order valence-electron chi connectivity index (χ4n) is 2.22. The highest BCUT2D eigenvalue weighted by molar-refractivity contribution is 5.56. The third-order valence-electron chi connectivity index (χ3n) is 3.52. The average Bonchev–Trinajstić information content (AvgIpc) is 3.08. The van der Waals surface area contributed by atoms with Gasteiger partial charge in [0.15, 0.2) is 0 Å². The average molecular weight is 246 g/mol. The monoisotopic (exact) mass is 246 g/mol. The van der Waals surface area contributed by atoms with Crippen LogP contribution in [0.1, 0.15) is 44.7 Å². The Morgan fingerprint density at radius 1 is 1.28 bits per heavy atom. The Morgan fingerprint density at radius 2 is 1.94 bits per heavy atom. The summed E-state index contributed by atoms with van der Waals surface area (Å²) < 4.78 is 0. The zero-order chi connectivity index (χ0) is 13.3. The van der Waals surface area contributed by atoms with E-state index >= 15 is 0 Å². The predicted octanol–water partition coefficient (Wildman–Crippen LogP) is 3.48. The molecular weight excluding hydrogens is 220 g/mol. The van der Waals surface area contributed by atoms with Crippen molar-refractivity contribution in [3.05, 3.63) is 29.3 Å². The van der Waals surface area contributed by atoms with Gasteiger partial charge in [0.1, 0.15) is 0 Å². The number of aryl methyl sites for hydroxylation is 1. The minimum absolute atomic E-state index is 0.166. The molecule has 2 heteroatoms. The molecule has 1 saturated carbocycles. The molecular formula is C16H26N2. The summed E-state index contributed by atoms with van der Waals surface area (Å²) in [5.74, 6) is 0. The maximum Gasteiger partial charge on any atom is 0.0411 e. The molecule has 2 rings (SSSR count). The van der Waals surface area contributed by atoms with Gasteiger partial charge in [0.05, 0.1) is 0 Å². The lowest BCUT2D eigenvalue weighted by atomic mass is 10.1. The van der Waals surface area contributed by atoms with Crippen molar-refractivity contribution in [3.63, 3.8) is 0 Å². The Kier molecular flexibility index (Phi) is 3.67. The number of rotatable bonds is 4. The molecule has 0 saturated heterocycles. The maximum absolute atomic E-state index is 3.59. The number of anilines is 1. The summed E-state index contributed by atoms with van der Waals surface area (Å²) in [6, 6.07) is 7.57. The van der Waals surface area contributed by atoms with E-state index in [-0.39, 0.29) is 5.54 Å². The molecule has 1 aromatic carbocycles. The van der Waals surface area contributed by atoms with Crippen LogP contribution in [0.15, 0.2) is 18.2 Å². The highest BCUT2D eigenvalue weighted by atomic mass is 15.2. The summed E-state index contributed by atoms with van der Waals surface area (Å²) in [4.78, 5) is 2.44. The van der Waals surface area contributed by atoms with Gasteiger partial charge in [-0.05, 0) is 52.2 Å². The number of hydrogen-bond acceptors (Lipinski definition) is 2. The van der Waals surface area contributed by atoms with Gasteiger partial charge in [-0.25, -0.2) is 0 Å². The van der Waals surface area contributed by atoms with Crippen LogP contribution in [0, 0.1) is 6.92 Å². The SMILES string of the molecule is Cc1ccc(N(C)C2CC2)c(CNC(C)(C)C)c1. The Bertz CT molecular complexity index is 414. The van der Waals surface area contributed by atoms with Gasteiger partial charge in [0, 0.05) is 30.9 Å². The smallest absolute Gasteiger partial charge is 0.0411 e. The Balaban J connectivity index is 2.17. The van der Waals surface area contributed by atoms with Gasteiger partial charge in [-0.2, -0.15) is 0 Å². The summed E-state index contributed by atoms with van der Waals surface area (Å²) >= 11 is 0. The zero-order valence-corrected chi connectivity index (χ0v) is 12.4. The maximum atomic E-state index is 3.59. The molecule has 1 fully saturated rings. The van der Waals surface area contributed by atoms with Gasteiger partial charge >= 0.3 is 0 Å². The summed E-state index contributed by atoms with van der Waals surface area (Å²) in [5, 5.41) is 3.59. The third kappa shape index (κ3) is 3.49. The minimum Gasteiger partial charge on any atom is -0.371 e. The van der Waals surface area contributed by atoms with Crippen LogP contribution in [0.5, 0.6) is 0 Å². The van der Waals surface area contributed by atoms with Crippen LogP contribution in [0.3, 0.4) is 0 Å². The van der Waals surface area contributed by atoms with E-state index in [2.05, 4.69) is 63.2 Å². The molecule has 0 amide bonds. The first-order valence-electron chi connectivity index (χ1n) is 6.94. The van der Waals surface area contributed by atoms with Crippen LogP contribution in [0.2, 0.25) is 0 Å². The molecule has 0 atom stereocenters. The molecule has 18 heavy (non-hydrogen) atoms. The second-order valence-corrected chi connectivity index (χ2v) is 6.58. The second kappa shape index (κ2) is 4.93. The molecule has 0 aliphatic heterocycles. The fraction of sp³-hybridized carbons (Fsp3) is 0.625. The number of benzene rings is 1. The van der Waals surface area contributed by atoms with Crippen LogP contribution in [0.25, 0.3) is 0 Å². The van der Waals surface area contributed by atoms with Crippen LogP contribution in [-0.4, -0.2) is 18.6 Å². The molecule has 0 spiro atoms. The number of nitrogens with zero attached hydrogens (tertiary/aromatic N) is 1. The summed E-state index contributed by atoms with van der Waals surface area (Å²) in [7, 11) is 2.23. The summed E-state index contributed by atoms with van der Waals surface area (Å²) in [6.07, 6.45) is 2.69. The van der Waals surface area contributed by atoms with Crippen molar-refractivity contribution in [2.45, 2.75) is 58.7 Å². The summed E-state index contributed by atoms with van der Waals surface area (Å²) in [6.45, 7) is 9.76. The van der Waals surface area contributed by atoms with Gasteiger partial charge in [-0.15, -0.1) is 0 Å². The van der Waals surface area contributed by atoms with Crippen molar-refractivity contribution in [2.24, 2.45) is 0 Å². The lowest BCUT2D eigenvalue weighted by Crippen LogP contribution is -2.35. The molecule has 0 heterocycles. The third-order valence-corrected chi connectivity index (χ3v) is 3.52. The molecule has 100 valence electrons. The van der Waals surface area contributed by atoms with E-state index in [0.29, 0.717) is 0 Å². The first kappa shape index (κ1) is 13.4. The van der Waals surface area contributed by atoms with Crippen LogP contribution in [0.4, 0.5) is 5.69 Å². The standard InChI is InChI=1S/C16H26N2/c1-12-6-9-15(18(5)14-7-8-14)13(10-12)11-17-16(2,3)4/h6,9-10,14,17H,7-8,11H2,1-5H3. The summed E-state index contributed by atoms with van der Waals surface area (Å²) in [5.41, 5.74) is 4.31. The van der Waals surface area contributed by atoms with E-state index in [1.165, 1.54) is 29.7 Å². The van der Waals surface area contributed by atoms with Crippen molar-refractivity contribution in [2.75, 3.05) is 11.9 Å². The normalized spacial score (nSPS) is 15.8. The van der Waals surface area contributed by atoms with Gasteiger partial charge in [-0.1, -0.05) is 17.7 Å². The van der Waals surface area contributed by atoms with E-state index in [0.717, 1.165) is 12.6 Å². The van der Waals surface area contributed by atoms with E-state index in [1.807, 2.05) is 0 Å². The Morgan fingerprint density at radius 3 is 2.50 bits per heavy atom. The van der Waals surface area contributed by atoms with Crippen LogP contribution >= 0.6 is 0 Å². The lowest BCUT2D eigenvalue weighted by Gasteiger charge is -2.26. The van der Waals surface area contributed by atoms with Crippen molar-refractivity contribution < 1.29 is 0 Å². The second-order valence-electron chi connectivity index (χ2n) is 6.58. The molecule has 0 radical (unpaired) electrons. The highest BCUT2D eigenvalue weighted by Crippen LogP contribution is 2.32. The van der Waals surface area contributed by atoms with E-state index in [9.17, 15) is 0 Å². The van der Waals surface area contributed by atoms with Crippen molar-refractivity contribution >= 4 is 5.69 Å². The van der Waals surface area contributed by atoms with Crippen molar-refractivity contribution in [3.8, 4) is 0 Å².